The molecule has 3 aromatic rings. The van der Waals surface area contributed by atoms with E-state index in [0.717, 1.165) is 31.8 Å². The van der Waals surface area contributed by atoms with Gasteiger partial charge >= 0.3 is 6.18 Å². The first-order valence-corrected chi connectivity index (χ1v) is 12.9. The molecule has 0 atom stereocenters. The van der Waals surface area contributed by atoms with E-state index in [1.54, 1.807) is 31.3 Å². The highest BCUT2D eigenvalue weighted by molar-refractivity contribution is 6.27. The van der Waals surface area contributed by atoms with Gasteiger partial charge in [-0.05, 0) is 30.2 Å². The summed E-state index contributed by atoms with van der Waals surface area (Å²) in [6.07, 6.45) is -4.02. The second-order valence-electron chi connectivity index (χ2n) is 9.81. The van der Waals surface area contributed by atoms with Crippen LogP contribution in [0.1, 0.15) is 19.4 Å². The molecule has 2 aromatic carbocycles. The molecule has 1 saturated heterocycles. The highest BCUT2D eigenvalue weighted by Gasteiger charge is 2.30. The molecule has 0 bridgehead atoms. The monoisotopic (exact) mass is 555 g/mol. The van der Waals surface area contributed by atoms with E-state index in [2.05, 4.69) is 34.0 Å². The van der Waals surface area contributed by atoms with Crippen molar-refractivity contribution < 1.29 is 22.7 Å². The van der Waals surface area contributed by atoms with Gasteiger partial charge in [0.2, 0.25) is 11.8 Å². The number of hydrogen-bond donors (Lipinski definition) is 2. The zero-order valence-corrected chi connectivity index (χ0v) is 22.6. The van der Waals surface area contributed by atoms with Crippen molar-refractivity contribution in [3.8, 4) is 22.9 Å². The fourth-order valence-electron chi connectivity index (χ4n) is 4.42. The van der Waals surface area contributed by atoms with Crippen LogP contribution in [-0.2, 0) is 11.0 Å². The summed E-state index contributed by atoms with van der Waals surface area (Å²) < 4.78 is 45.6. The topological polar surface area (TPSA) is 109 Å². The average Bonchev–Trinajstić information content (AvgIpc) is 2.93. The minimum atomic E-state index is -4.45. The first kappa shape index (κ1) is 28.8. The largest absolute Gasteiger partial charge is 0.436 e. The van der Waals surface area contributed by atoms with Crippen molar-refractivity contribution in [2.45, 2.75) is 20.0 Å². The number of alkyl halides is 3. The number of carbonyl (C=O) groups excluding carboxylic acids is 1. The number of nitrogens with zero attached hydrogens (tertiary/aromatic N) is 5. The third kappa shape index (κ3) is 7.06. The van der Waals surface area contributed by atoms with Crippen LogP contribution in [0.4, 0.5) is 30.5 Å². The SMILES string of the molecule is CNc1cccc(Oc2cc(-c3ccc(C(F)(F)F)cc3)nc(N3CCN(CC(C)C)CC3)n2)c1N=C(N)C=O. The first-order chi connectivity index (χ1) is 19.1. The molecule has 0 spiro atoms. The van der Waals surface area contributed by atoms with Gasteiger partial charge in [-0.2, -0.15) is 18.2 Å². The van der Waals surface area contributed by atoms with E-state index in [1.807, 2.05) is 4.90 Å². The summed E-state index contributed by atoms with van der Waals surface area (Å²) >= 11 is 0. The first-order valence-electron chi connectivity index (χ1n) is 12.9. The Morgan fingerprint density at radius 1 is 1.12 bits per heavy atom. The van der Waals surface area contributed by atoms with E-state index >= 15 is 0 Å². The summed E-state index contributed by atoms with van der Waals surface area (Å²) in [7, 11) is 1.69. The zero-order chi connectivity index (χ0) is 28.9. The molecule has 9 nitrogen and oxygen atoms in total. The fraction of sp³-hybridized carbons (Fsp3) is 0.357. The standard InChI is InChI=1S/C28H32F3N7O2/c1-18(2)16-37-11-13-38(14-12-37)27-34-22(19-7-9-20(10-8-19)28(29,30)31)15-25(36-27)40-23-6-4-5-21(33-3)26(23)35-24(32)17-39/h4-10,15,17-18,33H,11-14,16H2,1-3H3,(H2,32,35). The summed E-state index contributed by atoms with van der Waals surface area (Å²) in [6, 6.07) is 11.5. The van der Waals surface area contributed by atoms with E-state index < -0.39 is 11.7 Å². The highest BCUT2D eigenvalue weighted by Crippen LogP contribution is 2.39. The Labute approximate surface area is 230 Å². The zero-order valence-electron chi connectivity index (χ0n) is 22.6. The summed E-state index contributed by atoms with van der Waals surface area (Å²) in [6.45, 7) is 8.37. The second kappa shape index (κ2) is 12.3. The molecular formula is C28H32F3N7O2. The van der Waals surface area contributed by atoms with Crippen molar-refractivity contribution >= 4 is 29.4 Å². The Balaban J connectivity index is 1.73. The van der Waals surface area contributed by atoms with Gasteiger partial charge in [0.25, 0.3) is 0 Å². The summed E-state index contributed by atoms with van der Waals surface area (Å²) in [5, 5.41) is 2.99. The van der Waals surface area contributed by atoms with Crippen molar-refractivity contribution in [1.82, 2.24) is 14.9 Å². The third-order valence-electron chi connectivity index (χ3n) is 6.32. The van der Waals surface area contributed by atoms with E-state index in [4.69, 9.17) is 15.5 Å². The van der Waals surface area contributed by atoms with E-state index in [1.165, 1.54) is 12.1 Å². The van der Waals surface area contributed by atoms with Crippen LogP contribution >= 0.6 is 0 Å². The number of hydrogen-bond acceptors (Lipinski definition) is 8. The number of nitrogens with one attached hydrogen (secondary N) is 1. The highest BCUT2D eigenvalue weighted by atomic mass is 19.4. The number of anilines is 2. The van der Waals surface area contributed by atoms with Crippen LogP contribution in [-0.4, -0.2) is 66.8 Å². The Morgan fingerprint density at radius 3 is 2.42 bits per heavy atom. The van der Waals surface area contributed by atoms with Crippen molar-refractivity contribution in [2.24, 2.45) is 16.6 Å². The lowest BCUT2D eigenvalue weighted by atomic mass is 10.1. The molecule has 1 fully saturated rings. The molecule has 1 aliphatic heterocycles. The molecule has 0 radical (unpaired) electrons. The second-order valence-corrected chi connectivity index (χ2v) is 9.81. The van der Waals surface area contributed by atoms with Crippen molar-refractivity contribution in [2.75, 3.05) is 50.0 Å². The molecule has 1 aromatic heterocycles. The van der Waals surface area contributed by atoms with E-state index in [-0.39, 0.29) is 17.5 Å². The minimum Gasteiger partial charge on any atom is -0.436 e. The maximum atomic E-state index is 13.2. The molecule has 0 saturated carbocycles. The Kier molecular flexibility index (Phi) is 8.88. The Bertz CT molecular complexity index is 1350. The predicted octanol–water partition coefficient (Wildman–Crippen LogP) is 4.96. The van der Waals surface area contributed by atoms with Crippen LogP contribution in [0.25, 0.3) is 11.3 Å². The van der Waals surface area contributed by atoms with Gasteiger partial charge < -0.3 is 20.7 Å². The van der Waals surface area contributed by atoms with Crippen LogP contribution in [0.2, 0.25) is 0 Å². The minimum absolute atomic E-state index is 0.166. The predicted molar refractivity (Wildman–Crippen MR) is 149 cm³/mol. The lowest BCUT2D eigenvalue weighted by molar-refractivity contribution is -0.137. The van der Waals surface area contributed by atoms with Gasteiger partial charge in [-0.25, -0.2) is 9.98 Å². The molecule has 2 heterocycles. The average molecular weight is 556 g/mol. The number of piperazine rings is 1. The fourth-order valence-corrected chi connectivity index (χ4v) is 4.42. The number of nitrogens with two attached hydrogens (primary N) is 1. The number of benzene rings is 2. The van der Waals surface area contributed by atoms with Gasteiger partial charge in [-0.1, -0.05) is 32.0 Å². The number of aromatic nitrogens is 2. The van der Waals surface area contributed by atoms with Crippen LogP contribution in [0, 0.1) is 5.92 Å². The molecule has 12 heteroatoms. The molecule has 0 unspecified atom stereocenters. The maximum absolute atomic E-state index is 13.2. The normalized spacial score (nSPS) is 14.9. The lowest BCUT2D eigenvalue weighted by Crippen LogP contribution is -2.48. The molecule has 0 aliphatic carbocycles. The van der Waals surface area contributed by atoms with Crippen LogP contribution in [0.15, 0.2) is 53.5 Å². The smallest absolute Gasteiger partial charge is 0.416 e. The molecule has 0 amide bonds. The number of amidine groups is 1. The maximum Gasteiger partial charge on any atom is 0.416 e. The summed E-state index contributed by atoms with van der Waals surface area (Å²) in [5.41, 5.74) is 6.68. The molecule has 1 aliphatic rings. The molecule has 212 valence electrons. The number of para-hydroxylation sites is 1. The van der Waals surface area contributed by atoms with Crippen molar-refractivity contribution in [1.29, 1.82) is 0 Å². The third-order valence-corrected chi connectivity index (χ3v) is 6.32. The quantitative estimate of drug-likeness (QED) is 0.217. The van der Waals surface area contributed by atoms with Gasteiger partial charge in [0.15, 0.2) is 17.9 Å². The molecular weight excluding hydrogens is 523 g/mol. The van der Waals surface area contributed by atoms with Gasteiger partial charge in [-0.15, -0.1) is 0 Å². The van der Waals surface area contributed by atoms with Gasteiger partial charge in [0.05, 0.1) is 16.9 Å². The van der Waals surface area contributed by atoms with Crippen LogP contribution in [0.5, 0.6) is 11.6 Å². The number of aliphatic imine (C=N–C) groups is 1. The molecule has 3 N–H and O–H groups in total. The Morgan fingerprint density at radius 2 is 1.82 bits per heavy atom. The van der Waals surface area contributed by atoms with Crippen LogP contribution < -0.4 is 20.7 Å². The number of halogens is 3. The Hall–Kier alpha value is -4.19. The number of aldehydes is 1. The van der Waals surface area contributed by atoms with Gasteiger partial charge in [0.1, 0.15) is 5.69 Å². The number of rotatable bonds is 9. The van der Waals surface area contributed by atoms with Gasteiger partial charge in [0, 0.05) is 51.4 Å². The molecule has 40 heavy (non-hydrogen) atoms. The molecule has 4 rings (SSSR count). The number of carbonyl (C=O) groups is 1. The van der Waals surface area contributed by atoms with Crippen molar-refractivity contribution in [3.05, 3.63) is 54.1 Å². The van der Waals surface area contributed by atoms with Crippen molar-refractivity contribution in [3.63, 3.8) is 0 Å². The van der Waals surface area contributed by atoms with E-state index in [0.29, 0.717) is 53.9 Å². The lowest BCUT2D eigenvalue weighted by Gasteiger charge is -2.35. The summed E-state index contributed by atoms with van der Waals surface area (Å²) in [4.78, 5) is 29.1. The summed E-state index contributed by atoms with van der Waals surface area (Å²) in [5.74, 6) is 1.16. The van der Waals surface area contributed by atoms with E-state index in [9.17, 15) is 18.0 Å². The van der Waals surface area contributed by atoms with Gasteiger partial charge in [-0.3, -0.25) is 9.69 Å². The van der Waals surface area contributed by atoms with Crippen LogP contribution in [0.3, 0.4) is 0 Å². The number of ether oxygens (including phenoxy) is 1.